The number of ether oxygens (including phenoxy) is 1. The Kier molecular flexibility index (Phi) is 4.62. The number of hydrogen-bond acceptors (Lipinski definition) is 2. The predicted octanol–water partition coefficient (Wildman–Crippen LogP) is 1.94. The Hall–Kier alpha value is -0.0800. The Bertz CT molecular complexity index is 116. The molecule has 1 rings (SSSR count). The van der Waals surface area contributed by atoms with E-state index in [0.717, 1.165) is 13.2 Å². The summed E-state index contributed by atoms with van der Waals surface area (Å²) in [6.45, 7) is 6.22. The van der Waals surface area contributed by atoms with Crippen LogP contribution in [-0.2, 0) is 4.74 Å². The van der Waals surface area contributed by atoms with Gasteiger partial charge in [-0.2, -0.15) is 0 Å². The molecule has 0 aromatic heterocycles. The molecule has 0 radical (unpaired) electrons. The van der Waals surface area contributed by atoms with Crippen molar-refractivity contribution in [1.29, 1.82) is 0 Å². The molecule has 2 nitrogen and oxygen atoms in total. The van der Waals surface area contributed by atoms with Gasteiger partial charge in [0.05, 0.1) is 13.2 Å². The average Bonchev–Trinajstić information content (AvgIpc) is 2.05. The minimum Gasteiger partial charge on any atom is -0.378 e. The van der Waals surface area contributed by atoms with Crippen LogP contribution in [-0.4, -0.2) is 25.3 Å². The fourth-order valence-electron chi connectivity index (χ4n) is 1.69. The van der Waals surface area contributed by atoms with E-state index in [-0.39, 0.29) is 0 Å². The molecule has 0 bridgehead atoms. The Morgan fingerprint density at radius 2 is 2.17 bits per heavy atom. The quantitative estimate of drug-likeness (QED) is 0.653. The molecular weight excluding hydrogens is 150 g/mol. The maximum absolute atomic E-state index is 5.46. The lowest BCUT2D eigenvalue weighted by Crippen LogP contribution is -2.47. The highest BCUT2D eigenvalue weighted by molar-refractivity contribution is 4.75. The van der Waals surface area contributed by atoms with E-state index < -0.39 is 0 Å². The van der Waals surface area contributed by atoms with Gasteiger partial charge in [0.2, 0.25) is 0 Å². The lowest BCUT2D eigenvalue weighted by Gasteiger charge is -2.28. The van der Waals surface area contributed by atoms with Crippen LogP contribution in [0.2, 0.25) is 0 Å². The summed E-state index contributed by atoms with van der Waals surface area (Å²) < 4.78 is 5.46. The minimum absolute atomic E-state index is 0.547. The topological polar surface area (TPSA) is 21.3 Å². The fourth-order valence-corrected chi connectivity index (χ4v) is 1.69. The smallest absolute Gasteiger partial charge is 0.0620 e. The Morgan fingerprint density at radius 3 is 2.83 bits per heavy atom. The van der Waals surface area contributed by atoms with Gasteiger partial charge in [-0.1, -0.05) is 26.2 Å². The van der Waals surface area contributed by atoms with Crippen molar-refractivity contribution in [1.82, 2.24) is 5.32 Å². The molecule has 0 spiro atoms. The van der Waals surface area contributed by atoms with E-state index in [2.05, 4.69) is 19.2 Å². The first-order valence-electron chi connectivity index (χ1n) is 5.16. The van der Waals surface area contributed by atoms with Crippen LogP contribution in [0.25, 0.3) is 0 Å². The van der Waals surface area contributed by atoms with E-state index >= 15 is 0 Å². The highest BCUT2D eigenvalue weighted by Crippen LogP contribution is 2.08. The van der Waals surface area contributed by atoms with Gasteiger partial charge in [0.25, 0.3) is 0 Å². The van der Waals surface area contributed by atoms with Gasteiger partial charge < -0.3 is 10.1 Å². The van der Waals surface area contributed by atoms with Crippen LogP contribution in [0.1, 0.15) is 39.5 Å². The predicted molar refractivity (Wildman–Crippen MR) is 51.3 cm³/mol. The normalized spacial score (nSPS) is 30.5. The molecule has 2 atom stereocenters. The number of morpholine rings is 1. The third-order valence-electron chi connectivity index (χ3n) is 2.36. The molecule has 1 heterocycles. The molecule has 1 N–H and O–H groups in total. The second-order valence-electron chi connectivity index (χ2n) is 3.80. The summed E-state index contributed by atoms with van der Waals surface area (Å²) in [5, 5.41) is 3.55. The highest BCUT2D eigenvalue weighted by atomic mass is 16.5. The number of hydrogen-bond donors (Lipinski definition) is 1. The minimum atomic E-state index is 0.547. The van der Waals surface area contributed by atoms with Gasteiger partial charge in [-0.3, -0.25) is 0 Å². The second-order valence-corrected chi connectivity index (χ2v) is 3.80. The molecule has 1 saturated heterocycles. The van der Waals surface area contributed by atoms with E-state index in [9.17, 15) is 0 Å². The first-order chi connectivity index (χ1) is 5.83. The highest BCUT2D eigenvalue weighted by Gasteiger charge is 2.16. The Labute approximate surface area is 75.7 Å². The average molecular weight is 171 g/mol. The Morgan fingerprint density at radius 1 is 1.33 bits per heavy atom. The van der Waals surface area contributed by atoms with E-state index in [1.807, 2.05) is 0 Å². The van der Waals surface area contributed by atoms with Crippen LogP contribution < -0.4 is 5.32 Å². The Balaban J connectivity index is 2.06. The van der Waals surface area contributed by atoms with E-state index in [1.54, 1.807) is 0 Å². The van der Waals surface area contributed by atoms with Crippen LogP contribution >= 0.6 is 0 Å². The zero-order valence-electron chi connectivity index (χ0n) is 8.31. The van der Waals surface area contributed by atoms with Gasteiger partial charge in [-0.25, -0.2) is 0 Å². The van der Waals surface area contributed by atoms with E-state index in [0.29, 0.717) is 12.1 Å². The SMILES string of the molecule is CCCCCC1COCC(C)N1. The molecule has 0 aromatic rings. The molecule has 0 saturated carbocycles. The zero-order valence-corrected chi connectivity index (χ0v) is 8.31. The molecule has 1 aliphatic rings. The molecule has 12 heavy (non-hydrogen) atoms. The van der Waals surface area contributed by atoms with Crippen molar-refractivity contribution in [3.05, 3.63) is 0 Å². The van der Waals surface area contributed by atoms with Gasteiger partial charge in [0, 0.05) is 12.1 Å². The zero-order chi connectivity index (χ0) is 8.81. The molecule has 72 valence electrons. The van der Waals surface area contributed by atoms with Crippen molar-refractivity contribution < 1.29 is 4.74 Å². The van der Waals surface area contributed by atoms with Crippen molar-refractivity contribution in [2.24, 2.45) is 0 Å². The van der Waals surface area contributed by atoms with Crippen molar-refractivity contribution in [3.8, 4) is 0 Å². The van der Waals surface area contributed by atoms with E-state index in [4.69, 9.17) is 4.74 Å². The third-order valence-corrected chi connectivity index (χ3v) is 2.36. The van der Waals surface area contributed by atoms with Crippen LogP contribution in [0.4, 0.5) is 0 Å². The van der Waals surface area contributed by atoms with Crippen molar-refractivity contribution >= 4 is 0 Å². The van der Waals surface area contributed by atoms with Crippen LogP contribution in [0.3, 0.4) is 0 Å². The van der Waals surface area contributed by atoms with Gasteiger partial charge in [0.15, 0.2) is 0 Å². The summed E-state index contributed by atoms with van der Waals surface area (Å²) in [6.07, 6.45) is 5.28. The lowest BCUT2D eigenvalue weighted by molar-refractivity contribution is 0.0475. The first kappa shape index (κ1) is 10.0. The van der Waals surface area contributed by atoms with E-state index in [1.165, 1.54) is 25.7 Å². The van der Waals surface area contributed by atoms with Crippen LogP contribution in [0, 0.1) is 0 Å². The van der Waals surface area contributed by atoms with Crippen molar-refractivity contribution in [2.45, 2.75) is 51.6 Å². The lowest BCUT2D eigenvalue weighted by atomic mass is 10.1. The van der Waals surface area contributed by atoms with Crippen LogP contribution in [0.5, 0.6) is 0 Å². The van der Waals surface area contributed by atoms with Gasteiger partial charge in [0.1, 0.15) is 0 Å². The molecule has 1 aliphatic heterocycles. The van der Waals surface area contributed by atoms with Crippen molar-refractivity contribution in [3.63, 3.8) is 0 Å². The molecular formula is C10H21NO. The molecule has 2 heteroatoms. The number of unbranched alkanes of at least 4 members (excludes halogenated alkanes) is 2. The standard InChI is InChI=1S/C10H21NO/c1-3-4-5-6-10-8-12-7-9(2)11-10/h9-11H,3-8H2,1-2H3. The fraction of sp³-hybridized carbons (Fsp3) is 1.00. The second kappa shape index (κ2) is 5.55. The summed E-state index contributed by atoms with van der Waals surface area (Å²) in [5.74, 6) is 0. The van der Waals surface area contributed by atoms with Gasteiger partial charge >= 0.3 is 0 Å². The molecule has 0 amide bonds. The van der Waals surface area contributed by atoms with Gasteiger partial charge in [-0.05, 0) is 13.3 Å². The molecule has 2 unspecified atom stereocenters. The molecule has 0 aromatic carbocycles. The summed E-state index contributed by atoms with van der Waals surface area (Å²) in [5.41, 5.74) is 0. The summed E-state index contributed by atoms with van der Waals surface area (Å²) >= 11 is 0. The monoisotopic (exact) mass is 171 g/mol. The van der Waals surface area contributed by atoms with Gasteiger partial charge in [-0.15, -0.1) is 0 Å². The number of rotatable bonds is 4. The maximum atomic E-state index is 5.46. The third kappa shape index (κ3) is 3.55. The summed E-state index contributed by atoms with van der Waals surface area (Å²) in [4.78, 5) is 0. The molecule has 0 aliphatic carbocycles. The number of nitrogens with one attached hydrogen (secondary N) is 1. The maximum Gasteiger partial charge on any atom is 0.0620 e. The first-order valence-corrected chi connectivity index (χ1v) is 5.16. The molecule has 1 fully saturated rings. The summed E-state index contributed by atoms with van der Waals surface area (Å²) in [6, 6.07) is 1.16. The summed E-state index contributed by atoms with van der Waals surface area (Å²) in [7, 11) is 0. The largest absolute Gasteiger partial charge is 0.378 e. The van der Waals surface area contributed by atoms with Crippen molar-refractivity contribution in [2.75, 3.05) is 13.2 Å². The van der Waals surface area contributed by atoms with Crippen LogP contribution in [0.15, 0.2) is 0 Å².